The van der Waals surface area contributed by atoms with E-state index in [0.29, 0.717) is 6.61 Å². The van der Waals surface area contributed by atoms with E-state index in [4.69, 9.17) is 4.74 Å². The first-order valence-electron chi connectivity index (χ1n) is 9.66. The van der Waals surface area contributed by atoms with Crippen LogP contribution in [-0.4, -0.2) is 49.2 Å². The van der Waals surface area contributed by atoms with Gasteiger partial charge in [0.15, 0.2) is 0 Å². The minimum atomic E-state index is -0.193. The average Bonchev–Trinajstić information content (AvgIpc) is 2.72. The van der Waals surface area contributed by atoms with Gasteiger partial charge in [-0.05, 0) is 55.0 Å². The summed E-state index contributed by atoms with van der Waals surface area (Å²) in [6.07, 6.45) is 0.959. The maximum Gasteiger partial charge on any atom is 0.248 e. The highest BCUT2D eigenvalue weighted by Crippen LogP contribution is 2.19. The molecule has 4 rings (SSSR count). The fraction of sp³-hybridized carbons (Fsp3) is 0.318. The number of anilines is 1. The third-order valence-electron chi connectivity index (χ3n) is 5.15. The largest absolute Gasteiger partial charge is 0.494 e. The minimum Gasteiger partial charge on any atom is -0.494 e. The molecule has 1 saturated heterocycles. The summed E-state index contributed by atoms with van der Waals surface area (Å²) in [5.74, 6) is 0.628. The van der Waals surface area contributed by atoms with Crippen molar-refractivity contribution in [3.8, 4) is 5.75 Å². The molecule has 0 bridgehead atoms. The van der Waals surface area contributed by atoms with Gasteiger partial charge in [0.2, 0.25) is 5.56 Å². The van der Waals surface area contributed by atoms with Gasteiger partial charge in [-0.2, -0.15) is 0 Å². The zero-order chi connectivity index (χ0) is 19.3. The summed E-state index contributed by atoms with van der Waals surface area (Å²) in [5.41, 5.74) is 1.81. The van der Waals surface area contributed by atoms with Crippen LogP contribution >= 0.6 is 0 Å². The summed E-state index contributed by atoms with van der Waals surface area (Å²) in [7, 11) is 0. The second-order valence-electron chi connectivity index (χ2n) is 7.08. The van der Waals surface area contributed by atoms with Crippen LogP contribution in [0, 0.1) is 5.82 Å². The molecule has 0 spiro atoms. The van der Waals surface area contributed by atoms with E-state index in [-0.39, 0.29) is 11.4 Å². The van der Waals surface area contributed by atoms with Crippen LogP contribution in [0.2, 0.25) is 0 Å². The van der Waals surface area contributed by atoms with Gasteiger partial charge in [-0.1, -0.05) is 0 Å². The zero-order valence-corrected chi connectivity index (χ0v) is 15.7. The van der Waals surface area contributed by atoms with Crippen LogP contribution in [0.1, 0.15) is 6.42 Å². The molecule has 1 N–H and O–H groups in total. The zero-order valence-electron chi connectivity index (χ0n) is 15.7. The quantitative estimate of drug-likeness (QED) is 0.666. The number of aromatic nitrogens is 1. The van der Waals surface area contributed by atoms with Crippen molar-refractivity contribution in [2.75, 3.05) is 44.2 Å². The summed E-state index contributed by atoms with van der Waals surface area (Å²) in [5, 5.41) is 0.967. The Morgan fingerprint density at radius 3 is 2.54 bits per heavy atom. The normalized spacial score (nSPS) is 15.1. The van der Waals surface area contributed by atoms with Gasteiger partial charge in [-0.15, -0.1) is 0 Å². The molecule has 3 aromatic rings. The average molecular weight is 381 g/mol. The molecule has 0 radical (unpaired) electrons. The first kappa shape index (κ1) is 18.5. The molecule has 2 aromatic carbocycles. The molecular weight excluding hydrogens is 357 g/mol. The molecule has 1 aromatic heterocycles. The number of nitrogens with one attached hydrogen (secondary N) is 1. The van der Waals surface area contributed by atoms with E-state index in [2.05, 4.69) is 14.8 Å². The van der Waals surface area contributed by atoms with Gasteiger partial charge in [0, 0.05) is 55.4 Å². The van der Waals surface area contributed by atoms with Crippen molar-refractivity contribution in [2.24, 2.45) is 0 Å². The number of hydrogen-bond acceptors (Lipinski definition) is 4. The molecule has 5 nitrogen and oxygen atoms in total. The first-order valence-corrected chi connectivity index (χ1v) is 9.66. The van der Waals surface area contributed by atoms with Gasteiger partial charge in [-0.25, -0.2) is 4.39 Å². The lowest BCUT2D eigenvalue weighted by atomic mass is 10.2. The Labute approximate surface area is 163 Å². The monoisotopic (exact) mass is 381 g/mol. The smallest absolute Gasteiger partial charge is 0.248 e. The number of ether oxygens (including phenoxy) is 1. The SMILES string of the molecule is O=c1ccc2cc(OCCCN3CCN(c4ccc(F)cc4)CC3)ccc2[nH]1. The van der Waals surface area contributed by atoms with Crippen LogP contribution in [0.3, 0.4) is 0 Å². The van der Waals surface area contributed by atoms with Crippen LogP contribution in [0.25, 0.3) is 10.9 Å². The topological polar surface area (TPSA) is 48.6 Å². The Balaban J connectivity index is 1.20. The summed E-state index contributed by atoms with van der Waals surface area (Å²) in [6.45, 7) is 5.57. The Morgan fingerprint density at radius 2 is 1.75 bits per heavy atom. The maximum absolute atomic E-state index is 13.1. The molecule has 0 atom stereocenters. The summed E-state index contributed by atoms with van der Waals surface area (Å²) in [4.78, 5) is 18.9. The standard InChI is InChI=1S/C22H24FN3O2/c23-18-3-5-19(6-4-18)26-13-11-25(12-14-26)10-1-15-28-20-7-8-21-17(16-20)2-9-22(27)24-21/h2-9,16H,1,10-15H2,(H,24,27). The Morgan fingerprint density at radius 1 is 0.964 bits per heavy atom. The first-order chi connectivity index (χ1) is 13.7. The molecule has 146 valence electrons. The van der Waals surface area contributed by atoms with E-state index < -0.39 is 0 Å². The van der Waals surface area contributed by atoms with Crippen molar-refractivity contribution in [3.05, 3.63) is 70.8 Å². The minimum absolute atomic E-state index is 0.0966. The molecule has 0 unspecified atom stereocenters. The summed E-state index contributed by atoms with van der Waals surface area (Å²) >= 11 is 0. The van der Waals surface area contributed by atoms with Gasteiger partial charge in [0.25, 0.3) is 0 Å². The van der Waals surface area contributed by atoms with Gasteiger partial charge in [0.1, 0.15) is 11.6 Å². The van der Waals surface area contributed by atoms with Gasteiger partial charge in [-0.3, -0.25) is 9.69 Å². The lowest BCUT2D eigenvalue weighted by Gasteiger charge is -2.36. The van der Waals surface area contributed by atoms with Crippen molar-refractivity contribution < 1.29 is 9.13 Å². The lowest BCUT2D eigenvalue weighted by Crippen LogP contribution is -2.46. The molecule has 2 heterocycles. The fourth-order valence-corrected chi connectivity index (χ4v) is 3.58. The van der Waals surface area contributed by atoms with Crippen LogP contribution < -0.4 is 15.2 Å². The van der Waals surface area contributed by atoms with E-state index in [1.54, 1.807) is 0 Å². The van der Waals surface area contributed by atoms with Crippen LogP contribution in [0.15, 0.2) is 59.4 Å². The van der Waals surface area contributed by atoms with Gasteiger partial charge in [0.05, 0.1) is 6.61 Å². The fourth-order valence-electron chi connectivity index (χ4n) is 3.58. The number of nitrogens with zero attached hydrogens (tertiary/aromatic N) is 2. The maximum atomic E-state index is 13.1. The number of aromatic amines is 1. The predicted molar refractivity (Wildman–Crippen MR) is 110 cm³/mol. The second-order valence-corrected chi connectivity index (χ2v) is 7.08. The molecule has 0 saturated carbocycles. The van der Waals surface area contributed by atoms with Crippen LogP contribution in [0.5, 0.6) is 5.75 Å². The summed E-state index contributed by atoms with van der Waals surface area (Å²) < 4.78 is 18.9. The number of halogens is 1. The number of pyridine rings is 1. The molecule has 28 heavy (non-hydrogen) atoms. The molecule has 0 amide bonds. The Kier molecular flexibility index (Phi) is 5.58. The van der Waals surface area contributed by atoms with E-state index in [1.807, 2.05) is 36.4 Å². The predicted octanol–water partition coefficient (Wildman–Crippen LogP) is 3.26. The van der Waals surface area contributed by atoms with Crippen LogP contribution in [-0.2, 0) is 0 Å². The van der Waals surface area contributed by atoms with E-state index >= 15 is 0 Å². The lowest BCUT2D eigenvalue weighted by molar-refractivity contribution is 0.225. The third-order valence-corrected chi connectivity index (χ3v) is 5.15. The number of benzene rings is 2. The van der Waals surface area contributed by atoms with E-state index in [0.717, 1.165) is 61.5 Å². The second kappa shape index (κ2) is 8.44. The van der Waals surface area contributed by atoms with Crippen molar-refractivity contribution in [1.29, 1.82) is 0 Å². The van der Waals surface area contributed by atoms with Crippen molar-refractivity contribution >= 4 is 16.6 Å². The van der Waals surface area contributed by atoms with Crippen molar-refractivity contribution in [1.82, 2.24) is 9.88 Å². The highest BCUT2D eigenvalue weighted by Gasteiger charge is 2.16. The molecule has 1 fully saturated rings. The molecular formula is C22H24FN3O2. The third kappa shape index (κ3) is 4.51. The number of piperazine rings is 1. The van der Waals surface area contributed by atoms with Crippen LogP contribution in [0.4, 0.5) is 10.1 Å². The highest BCUT2D eigenvalue weighted by atomic mass is 19.1. The van der Waals surface area contributed by atoms with E-state index in [9.17, 15) is 9.18 Å². The molecule has 6 heteroatoms. The summed E-state index contributed by atoms with van der Waals surface area (Å²) in [6, 6.07) is 15.8. The van der Waals surface area contributed by atoms with Crippen molar-refractivity contribution in [3.63, 3.8) is 0 Å². The van der Waals surface area contributed by atoms with Gasteiger partial charge < -0.3 is 14.6 Å². The number of rotatable bonds is 6. The van der Waals surface area contributed by atoms with Crippen molar-refractivity contribution in [2.45, 2.75) is 6.42 Å². The highest BCUT2D eigenvalue weighted by molar-refractivity contribution is 5.79. The Hall–Kier alpha value is -2.86. The molecule has 1 aliphatic heterocycles. The van der Waals surface area contributed by atoms with E-state index in [1.165, 1.54) is 18.2 Å². The number of hydrogen-bond donors (Lipinski definition) is 1. The molecule has 0 aliphatic carbocycles. The molecule has 1 aliphatic rings. The van der Waals surface area contributed by atoms with Gasteiger partial charge >= 0.3 is 0 Å². The Bertz CT molecular complexity index is 979. The number of fused-ring (bicyclic) bond motifs is 1. The number of H-pyrrole nitrogens is 1.